The van der Waals surface area contributed by atoms with Crippen LogP contribution in [0, 0.1) is 11.8 Å². The Morgan fingerprint density at radius 1 is 0.963 bits per heavy atom. The molecule has 4 saturated heterocycles. The predicted molar refractivity (Wildman–Crippen MR) is 108 cm³/mol. The number of aromatic nitrogens is 1. The summed E-state index contributed by atoms with van der Waals surface area (Å²) in [6, 6.07) is 5.38. The van der Waals surface area contributed by atoms with Crippen molar-refractivity contribution in [1.29, 1.82) is 0 Å². The standard InChI is InChI=1S/C22H32N4O/c27-22(15-26-19-2-1-3-20(26)10-9-19)24-18-8-11-21(23-12-18)25-13-16-4-5-17(14-25)7-6-16/h8,11-12,16-17,19-20H,1-7,9-10,13-15H2,(H,24,27). The zero-order valence-electron chi connectivity index (χ0n) is 16.3. The lowest BCUT2D eigenvalue weighted by Gasteiger charge is -2.33. The van der Waals surface area contributed by atoms with Gasteiger partial charge in [0, 0.05) is 25.2 Å². The number of pyridine rings is 1. The fourth-order valence-corrected chi connectivity index (χ4v) is 5.98. The van der Waals surface area contributed by atoms with E-state index in [9.17, 15) is 4.79 Å². The van der Waals surface area contributed by atoms with Gasteiger partial charge in [0.2, 0.25) is 5.91 Å². The second-order valence-electron chi connectivity index (χ2n) is 9.23. The minimum atomic E-state index is 0.108. The molecule has 1 saturated carbocycles. The lowest BCUT2D eigenvalue weighted by Crippen LogP contribution is -2.44. The minimum absolute atomic E-state index is 0.108. The monoisotopic (exact) mass is 368 g/mol. The number of carbonyl (C=O) groups excluding carboxylic acids is 1. The van der Waals surface area contributed by atoms with E-state index in [0.29, 0.717) is 18.6 Å². The van der Waals surface area contributed by atoms with Crippen LogP contribution in [-0.2, 0) is 4.79 Å². The third-order valence-corrected chi connectivity index (χ3v) is 7.45. The molecule has 2 atom stereocenters. The first-order valence-electron chi connectivity index (χ1n) is 11.0. The van der Waals surface area contributed by atoms with E-state index in [1.807, 2.05) is 12.3 Å². The van der Waals surface area contributed by atoms with Crippen LogP contribution < -0.4 is 10.2 Å². The molecule has 1 aromatic heterocycles. The van der Waals surface area contributed by atoms with Crippen LogP contribution in [0.2, 0.25) is 0 Å². The van der Waals surface area contributed by atoms with Crippen molar-refractivity contribution in [3.8, 4) is 0 Å². The number of carbonyl (C=O) groups is 1. The molecule has 5 fully saturated rings. The van der Waals surface area contributed by atoms with Gasteiger partial charge in [-0.2, -0.15) is 0 Å². The number of amides is 1. The SMILES string of the molecule is O=C(CN1C2CCCC1CC2)Nc1ccc(N2CC3CCC(CC3)C2)nc1. The Kier molecular flexibility index (Phi) is 4.80. The molecule has 1 aliphatic carbocycles. The van der Waals surface area contributed by atoms with Gasteiger partial charge in [-0.25, -0.2) is 4.98 Å². The fraction of sp³-hybridized carbons (Fsp3) is 0.727. The molecule has 0 spiro atoms. The molecule has 146 valence electrons. The van der Waals surface area contributed by atoms with Crippen LogP contribution in [-0.4, -0.2) is 47.5 Å². The van der Waals surface area contributed by atoms with Gasteiger partial charge in [-0.05, 0) is 75.3 Å². The van der Waals surface area contributed by atoms with Crippen molar-refractivity contribution in [1.82, 2.24) is 9.88 Å². The third kappa shape index (κ3) is 3.71. The number of anilines is 2. The number of hydrogen-bond acceptors (Lipinski definition) is 4. The van der Waals surface area contributed by atoms with Crippen LogP contribution in [0.1, 0.15) is 57.8 Å². The molecule has 27 heavy (non-hydrogen) atoms. The lowest BCUT2D eigenvalue weighted by molar-refractivity contribution is -0.118. The highest BCUT2D eigenvalue weighted by Crippen LogP contribution is 2.36. The third-order valence-electron chi connectivity index (χ3n) is 7.45. The van der Waals surface area contributed by atoms with Crippen LogP contribution in [0.4, 0.5) is 11.5 Å². The van der Waals surface area contributed by atoms with Crippen molar-refractivity contribution in [2.75, 3.05) is 29.9 Å². The molecule has 4 bridgehead atoms. The Balaban J connectivity index is 1.19. The molecule has 1 N–H and O–H groups in total. The van der Waals surface area contributed by atoms with E-state index in [-0.39, 0.29) is 5.91 Å². The summed E-state index contributed by atoms with van der Waals surface area (Å²) in [6.45, 7) is 2.83. The molecule has 5 aliphatic rings. The molecular formula is C22H32N4O. The average molecular weight is 369 g/mol. The van der Waals surface area contributed by atoms with Gasteiger partial charge in [0.15, 0.2) is 0 Å². The van der Waals surface area contributed by atoms with E-state index in [0.717, 1.165) is 36.4 Å². The van der Waals surface area contributed by atoms with Crippen molar-refractivity contribution >= 4 is 17.4 Å². The van der Waals surface area contributed by atoms with Crippen molar-refractivity contribution in [3.05, 3.63) is 18.3 Å². The fourth-order valence-electron chi connectivity index (χ4n) is 5.98. The number of nitrogens with one attached hydrogen (secondary N) is 1. The maximum Gasteiger partial charge on any atom is 0.238 e. The maximum atomic E-state index is 12.5. The van der Waals surface area contributed by atoms with Crippen LogP contribution in [0.15, 0.2) is 18.3 Å². The number of rotatable bonds is 4. The Hall–Kier alpha value is -1.62. The van der Waals surface area contributed by atoms with Gasteiger partial charge in [0.25, 0.3) is 0 Å². The molecule has 5 heteroatoms. The summed E-state index contributed by atoms with van der Waals surface area (Å²) < 4.78 is 0. The van der Waals surface area contributed by atoms with Gasteiger partial charge < -0.3 is 10.2 Å². The molecule has 1 aromatic rings. The van der Waals surface area contributed by atoms with Crippen molar-refractivity contribution in [2.45, 2.75) is 69.9 Å². The Morgan fingerprint density at radius 3 is 2.22 bits per heavy atom. The van der Waals surface area contributed by atoms with Crippen LogP contribution in [0.5, 0.6) is 0 Å². The quantitative estimate of drug-likeness (QED) is 0.881. The Morgan fingerprint density at radius 2 is 1.63 bits per heavy atom. The summed E-state index contributed by atoms with van der Waals surface area (Å²) in [6.07, 6.45) is 13.8. The van der Waals surface area contributed by atoms with Crippen LogP contribution in [0.25, 0.3) is 0 Å². The van der Waals surface area contributed by atoms with Gasteiger partial charge in [0.05, 0.1) is 18.4 Å². The zero-order chi connectivity index (χ0) is 18.2. The first kappa shape index (κ1) is 17.5. The number of fused-ring (bicyclic) bond motifs is 6. The zero-order valence-corrected chi connectivity index (χ0v) is 16.3. The maximum absolute atomic E-state index is 12.5. The lowest BCUT2D eigenvalue weighted by atomic mass is 9.84. The molecule has 6 rings (SSSR count). The summed E-state index contributed by atoms with van der Waals surface area (Å²) in [5, 5.41) is 3.07. The molecule has 0 radical (unpaired) electrons. The largest absolute Gasteiger partial charge is 0.356 e. The van der Waals surface area contributed by atoms with E-state index >= 15 is 0 Å². The smallest absolute Gasteiger partial charge is 0.238 e. The van der Waals surface area contributed by atoms with Crippen molar-refractivity contribution < 1.29 is 4.79 Å². The summed E-state index contributed by atoms with van der Waals surface area (Å²) >= 11 is 0. The first-order valence-corrected chi connectivity index (χ1v) is 11.0. The second kappa shape index (κ2) is 7.42. The van der Waals surface area contributed by atoms with Crippen molar-refractivity contribution in [3.63, 3.8) is 0 Å². The molecule has 1 amide bonds. The summed E-state index contributed by atoms with van der Waals surface area (Å²) in [4.78, 5) is 22.1. The highest BCUT2D eigenvalue weighted by molar-refractivity contribution is 5.92. The molecule has 5 heterocycles. The number of hydrogen-bond donors (Lipinski definition) is 1. The van der Waals surface area contributed by atoms with Crippen LogP contribution in [0.3, 0.4) is 0 Å². The topological polar surface area (TPSA) is 48.5 Å². The molecule has 0 aromatic carbocycles. The number of piperidine rings is 1. The summed E-state index contributed by atoms with van der Waals surface area (Å²) in [7, 11) is 0. The normalized spacial score (nSPS) is 33.1. The summed E-state index contributed by atoms with van der Waals surface area (Å²) in [5.74, 6) is 2.85. The minimum Gasteiger partial charge on any atom is -0.356 e. The van der Waals surface area contributed by atoms with E-state index in [1.54, 1.807) is 0 Å². The highest BCUT2D eigenvalue weighted by atomic mass is 16.2. The van der Waals surface area contributed by atoms with Gasteiger partial charge in [0.1, 0.15) is 5.82 Å². The van der Waals surface area contributed by atoms with Gasteiger partial charge in [-0.3, -0.25) is 9.69 Å². The van der Waals surface area contributed by atoms with Crippen molar-refractivity contribution in [2.24, 2.45) is 11.8 Å². The predicted octanol–water partition coefficient (Wildman–Crippen LogP) is 3.66. The Labute approximate surface area is 162 Å². The van der Waals surface area contributed by atoms with Gasteiger partial charge in [-0.1, -0.05) is 6.42 Å². The molecule has 4 aliphatic heterocycles. The average Bonchev–Trinajstić information content (AvgIpc) is 2.93. The second-order valence-corrected chi connectivity index (χ2v) is 9.23. The van der Waals surface area contributed by atoms with E-state index in [4.69, 9.17) is 0 Å². The van der Waals surface area contributed by atoms with E-state index < -0.39 is 0 Å². The summed E-state index contributed by atoms with van der Waals surface area (Å²) in [5.41, 5.74) is 0.825. The molecule has 5 nitrogen and oxygen atoms in total. The van der Waals surface area contributed by atoms with Crippen LogP contribution >= 0.6 is 0 Å². The molecule has 2 unspecified atom stereocenters. The molecular weight excluding hydrogens is 336 g/mol. The van der Waals surface area contributed by atoms with E-state index in [2.05, 4.69) is 26.2 Å². The number of nitrogens with zero attached hydrogens (tertiary/aromatic N) is 3. The highest BCUT2D eigenvalue weighted by Gasteiger charge is 2.37. The first-order chi connectivity index (χ1) is 13.2. The van der Waals surface area contributed by atoms with Gasteiger partial charge >= 0.3 is 0 Å². The van der Waals surface area contributed by atoms with Gasteiger partial charge in [-0.15, -0.1) is 0 Å². The Bertz CT molecular complexity index is 637. The van der Waals surface area contributed by atoms with E-state index in [1.165, 1.54) is 57.8 Å².